The Bertz CT molecular complexity index is 369. The molecular formula is C11H22N2O4S. The summed E-state index contributed by atoms with van der Waals surface area (Å²) in [5.74, 6) is -0.459. The molecule has 1 aliphatic rings. The molecule has 0 bridgehead atoms. The summed E-state index contributed by atoms with van der Waals surface area (Å²) >= 11 is 0. The van der Waals surface area contributed by atoms with Crippen molar-refractivity contribution >= 4 is 15.9 Å². The smallest absolute Gasteiger partial charge is 0.242 e. The van der Waals surface area contributed by atoms with Crippen molar-refractivity contribution in [3.8, 4) is 0 Å². The number of methoxy groups -OCH3 is 1. The molecule has 0 saturated carbocycles. The molecule has 1 fully saturated rings. The van der Waals surface area contributed by atoms with E-state index >= 15 is 0 Å². The van der Waals surface area contributed by atoms with Crippen molar-refractivity contribution in [2.75, 3.05) is 32.6 Å². The van der Waals surface area contributed by atoms with Crippen LogP contribution in [0.1, 0.15) is 26.2 Å². The maximum absolute atomic E-state index is 12.2. The van der Waals surface area contributed by atoms with Crippen molar-refractivity contribution in [2.24, 2.45) is 5.41 Å². The number of amides is 1. The highest BCUT2D eigenvalue weighted by atomic mass is 32.2. The number of rotatable bonds is 6. The lowest BCUT2D eigenvalue weighted by atomic mass is 9.79. The molecule has 0 atom stereocenters. The van der Waals surface area contributed by atoms with Gasteiger partial charge in [0.2, 0.25) is 15.9 Å². The molecule has 1 heterocycles. The number of hydrogen-bond acceptors (Lipinski definition) is 5. The number of ether oxygens (including phenoxy) is 1. The van der Waals surface area contributed by atoms with E-state index in [2.05, 4.69) is 10.0 Å². The van der Waals surface area contributed by atoms with E-state index in [9.17, 15) is 13.2 Å². The van der Waals surface area contributed by atoms with E-state index in [0.717, 1.165) is 0 Å². The number of sulfonamides is 1. The Balaban J connectivity index is 2.77. The van der Waals surface area contributed by atoms with Crippen molar-refractivity contribution in [3.63, 3.8) is 0 Å². The third-order valence-corrected chi connectivity index (χ3v) is 4.63. The van der Waals surface area contributed by atoms with Gasteiger partial charge in [0.25, 0.3) is 0 Å². The number of nitrogens with one attached hydrogen (secondary N) is 2. The van der Waals surface area contributed by atoms with Gasteiger partial charge in [0, 0.05) is 7.11 Å². The molecule has 1 aliphatic heterocycles. The highest BCUT2D eigenvalue weighted by Gasteiger charge is 2.41. The van der Waals surface area contributed by atoms with E-state index in [1.807, 2.05) is 0 Å². The normalized spacial score (nSPS) is 19.4. The average Bonchev–Trinajstić information content (AvgIpc) is 2.29. The van der Waals surface area contributed by atoms with Crippen molar-refractivity contribution in [3.05, 3.63) is 0 Å². The Morgan fingerprint density at radius 2 is 2.00 bits per heavy atom. The molecule has 7 heteroatoms. The first-order valence-electron chi connectivity index (χ1n) is 6.20. The minimum atomic E-state index is -3.51. The predicted octanol–water partition coefficient (Wildman–Crippen LogP) is -0.141. The fourth-order valence-corrected chi connectivity index (χ4v) is 3.33. The Morgan fingerprint density at radius 3 is 2.50 bits per heavy atom. The van der Waals surface area contributed by atoms with E-state index < -0.39 is 21.3 Å². The predicted molar refractivity (Wildman–Crippen MR) is 68.6 cm³/mol. The van der Waals surface area contributed by atoms with Crippen LogP contribution < -0.4 is 10.0 Å². The van der Waals surface area contributed by atoms with Crippen LogP contribution in [-0.4, -0.2) is 46.9 Å². The van der Waals surface area contributed by atoms with Gasteiger partial charge in [-0.1, -0.05) is 6.92 Å². The van der Waals surface area contributed by atoms with Gasteiger partial charge in [0.15, 0.2) is 0 Å². The fraction of sp³-hybridized carbons (Fsp3) is 0.909. The molecular weight excluding hydrogens is 256 g/mol. The van der Waals surface area contributed by atoms with Gasteiger partial charge in [-0.15, -0.1) is 0 Å². The van der Waals surface area contributed by atoms with Gasteiger partial charge in [-0.25, -0.2) is 8.42 Å². The molecule has 0 radical (unpaired) electrons. The maximum atomic E-state index is 12.2. The minimum Gasteiger partial charge on any atom is -0.384 e. The summed E-state index contributed by atoms with van der Waals surface area (Å²) in [6.07, 6.45) is 1.67. The van der Waals surface area contributed by atoms with Gasteiger partial charge in [0.1, 0.15) is 0 Å². The van der Waals surface area contributed by atoms with Crippen LogP contribution in [-0.2, 0) is 19.6 Å². The molecule has 0 aromatic heterocycles. The first-order chi connectivity index (χ1) is 8.46. The van der Waals surface area contributed by atoms with Crippen LogP contribution >= 0.6 is 0 Å². The second-order valence-electron chi connectivity index (χ2n) is 4.71. The van der Waals surface area contributed by atoms with E-state index in [1.165, 1.54) is 7.11 Å². The van der Waals surface area contributed by atoms with E-state index in [1.54, 1.807) is 6.92 Å². The van der Waals surface area contributed by atoms with Gasteiger partial charge >= 0.3 is 0 Å². The molecule has 1 saturated heterocycles. The van der Waals surface area contributed by atoms with Gasteiger partial charge in [-0.2, -0.15) is 0 Å². The van der Waals surface area contributed by atoms with E-state index in [4.69, 9.17) is 4.74 Å². The SMILES string of the molecule is CCCS(=O)(=O)NC(=O)C1(COC)CCNCC1. The molecule has 0 spiro atoms. The molecule has 0 unspecified atom stereocenters. The van der Waals surface area contributed by atoms with Crippen LogP contribution in [0.15, 0.2) is 0 Å². The average molecular weight is 278 g/mol. The maximum Gasteiger partial charge on any atom is 0.242 e. The van der Waals surface area contributed by atoms with Crippen LogP contribution in [0, 0.1) is 5.41 Å². The van der Waals surface area contributed by atoms with Crippen LogP contribution in [0.4, 0.5) is 0 Å². The molecule has 0 aromatic rings. The summed E-state index contributed by atoms with van der Waals surface area (Å²) in [7, 11) is -1.99. The largest absolute Gasteiger partial charge is 0.384 e. The first kappa shape index (κ1) is 15.4. The molecule has 18 heavy (non-hydrogen) atoms. The summed E-state index contributed by atoms with van der Waals surface area (Å²) in [6.45, 7) is 3.41. The number of carbonyl (C=O) groups is 1. The monoisotopic (exact) mass is 278 g/mol. The summed E-state index contributed by atoms with van der Waals surface area (Å²) < 4.78 is 30.6. The second kappa shape index (κ2) is 6.49. The Hall–Kier alpha value is -0.660. The van der Waals surface area contributed by atoms with Crippen LogP contribution in [0.25, 0.3) is 0 Å². The molecule has 6 nitrogen and oxygen atoms in total. The molecule has 2 N–H and O–H groups in total. The Morgan fingerprint density at radius 1 is 1.39 bits per heavy atom. The Labute approximate surface area is 109 Å². The molecule has 1 amide bonds. The molecule has 0 aliphatic carbocycles. The summed E-state index contributed by atoms with van der Waals surface area (Å²) in [5, 5.41) is 3.16. The van der Waals surface area contributed by atoms with Crippen LogP contribution in [0.5, 0.6) is 0 Å². The number of carbonyl (C=O) groups excluding carboxylic acids is 1. The summed E-state index contributed by atoms with van der Waals surface area (Å²) in [4.78, 5) is 12.2. The Kier molecular flexibility index (Phi) is 5.55. The molecule has 0 aromatic carbocycles. The first-order valence-corrected chi connectivity index (χ1v) is 7.85. The molecule has 106 valence electrons. The van der Waals surface area contributed by atoms with Gasteiger partial charge in [-0.3, -0.25) is 9.52 Å². The topological polar surface area (TPSA) is 84.5 Å². The summed E-state index contributed by atoms with van der Waals surface area (Å²) in [5.41, 5.74) is -0.721. The third kappa shape index (κ3) is 3.93. The zero-order valence-electron chi connectivity index (χ0n) is 11.0. The van der Waals surface area contributed by atoms with E-state index in [-0.39, 0.29) is 12.4 Å². The van der Waals surface area contributed by atoms with Gasteiger partial charge in [-0.05, 0) is 32.4 Å². The van der Waals surface area contributed by atoms with Crippen molar-refractivity contribution in [2.45, 2.75) is 26.2 Å². The van der Waals surface area contributed by atoms with Gasteiger partial charge < -0.3 is 10.1 Å². The van der Waals surface area contributed by atoms with Crippen LogP contribution in [0.3, 0.4) is 0 Å². The highest BCUT2D eigenvalue weighted by molar-refractivity contribution is 7.90. The highest BCUT2D eigenvalue weighted by Crippen LogP contribution is 2.29. The van der Waals surface area contributed by atoms with Gasteiger partial charge in [0.05, 0.1) is 17.8 Å². The third-order valence-electron chi connectivity index (χ3n) is 3.18. The van der Waals surface area contributed by atoms with Crippen molar-refractivity contribution in [1.29, 1.82) is 0 Å². The summed E-state index contributed by atoms with van der Waals surface area (Å²) in [6, 6.07) is 0. The van der Waals surface area contributed by atoms with Crippen molar-refractivity contribution < 1.29 is 17.9 Å². The minimum absolute atomic E-state index is 0.0277. The number of hydrogen-bond donors (Lipinski definition) is 2. The lowest BCUT2D eigenvalue weighted by molar-refractivity contribution is -0.134. The standard InChI is InChI=1S/C11H22N2O4S/c1-3-8-18(15,16)13-10(14)11(9-17-2)4-6-12-7-5-11/h12H,3-9H2,1-2H3,(H,13,14). The van der Waals surface area contributed by atoms with Crippen LogP contribution in [0.2, 0.25) is 0 Å². The quantitative estimate of drug-likeness (QED) is 0.706. The lowest BCUT2D eigenvalue weighted by Gasteiger charge is -2.35. The van der Waals surface area contributed by atoms with E-state index in [0.29, 0.717) is 32.4 Å². The second-order valence-corrected chi connectivity index (χ2v) is 6.56. The fourth-order valence-electron chi connectivity index (χ4n) is 2.19. The zero-order chi connectivity index (χ0) is 13.6. The number of piperidine rings is 1. The lowest BCUT2D eigenvalue weighted by Crippen LogP contribution is -2.51. The zero-order valence-corrected chi connectivity index (χ0v) is 11.8. The molecule has 1 rings (SSSR count). The van der Waals surface area contributed by atoms with Crippen molar-refractivity contribution in [1.82, 2.24) is 10.0 Å².